The molecule has 0 N–H and O–H groups in total. The number of thiazole rings is 1. The van der Waals surface area contributed by atoms with Crippen LogP contribution in [0, 0.1) is 6.92 Å². The minimum atomic E-state index is 0.601. The second kappa shape index (κ2) is 5.09. The van der Waals surface area contributed by atoms with Gasteiger partial charge in [-0.3, -0.25) is 9.20 Å². The van der Waals surface area contributed by atoms with Gasteiger partial charge in [-0.15, -0.1) is 11.3 Å². The molecule has 20 heavy (non-hydrogen) atoms. The molecule has 0 atom stereocenters. The Labute approximate surface area is 121 Å². The first kappa shape index (κ1) is 12.9. The van der Waals surface area contributed by atoms with Crippen molar-refractivity contribution in [3.8, 4) is 0 Å². The number of carbonyl (C=O) groups is 1. The number of imidazole rings is 1. The van der Waals surface area contributed by atoms with Crippen molar-refractivity contribution in [2.75, 3.05) is 11.4 Å². The van der Waals surface area contributed by atoms with Gasteiger partial charge in [0.15, 0.2) is 17.1 Å². The molecule has 0 amide bonds. The summed E-state index contributed by atoms with van der Waals surface area (Å²) in [7, 11) is 0. The van der Waals surface area contributed by atoms with Crippen LogP contribution in [0.2, 0.25) is 0 Å². The number of rotatable bonds is 4. The molecule has 0 aliphatic heterocycles. The minimum absolute atomic E-state index is 0.601. The summed E-state index contributed by atoms with van der Waals surface area (Å²) in [6.45, 7) is 4.88. The molecule has 5 heteroatoms. The van der Waals surface area contributed by atoms with Crippen LogP contribution in [0.15, 0.2) is 35.8 Å². The van der Waals surface area contributed by atoms with E-state index in [1.54, 1.807) is 0 Å². The number of nitrogens with zero attached hydrogens (tertiary/aromatic N) is 3. The molecule has 0 saturated heterocycles. The zero-order valence-corrected chi connectivity index (χ0v) is 12.2. The van der Waals surface area contributed by atoms with Crippen molar-refractivity contribution in [2.45, 2.75) is 13.8 Å². The third kappa shape index (κ3) is 2.00. The van der Waals surface area contributed by atoms with Crippen LogP contribution in [-0.4, -0.2) is 22.2 Å². The summed E-state index contributed by atoms with van der Waals surface area (Å²) >= 11 is 1.53. The second-order valence-electron chi connectivity index (χ2n) is 4.58. The quantitative estimate of drug-likeness (QED) is 0.686. The number of carbonyl (C=O) groups excluding carboxylic acids is 1. The Balaban J connectivity index is 2.16. The first-order chi connectivity index (χ1) is 9.74. The van der Waals surface area contributed by atoms with Crippen LogP contribution in [0.25, 0.3) is 4.96 Å². The van der Waals surface area contributed by atoms with Gasteiger partial charge in [-0.25, -0.2) is 4.98 Å². The molecule has 2 aromatic heterocycles. The van der Waals surface area contributed by atoms with Gasteiger partial charge in [-0.05, 0) is 31.5 Å². The average molecular weight is 285 g/mol. The van der Waals surface area contributed by atoms with Crippen LogP contribution in [0.5, 0.6) is 0 Å². The van der Waals surface area contributed by atoms with Crippen LogP contribution in [0.3, 0.4) is 0 Å². The van der Waals surface area contributed by atoms with Crippen LogP contribution in [-0.2, 0) is 0 Å². The molecule has 3 aromatic rings. The van der Waals surface area contributed by atoms with Gasteiger partial charge in [0.2, 0.25) is 0 Å². The molecular weight excluding hydrogens is 270 g/mol. The van der Waals surface area contributed by atoms with Crippen molar-refractivity contribution in [3.63, 3.8) is 0 Å². The zero-order valence-electron chi connectivity index (χ0n) is 11.4. The summed E-state index contributed by atoms with van der Waals surface area (Å²) < 4.78 is 1.84. The Morgan fingerprint density at radius 1 is 1.45 bits per heavy atom. The molecule has 1 aromatic carbocycles. The third-order valence-electron chi connectivity index (χ3n) is 3.28. The fourth-order valence-corrected chi connectivity index (χ4v) is 3.07. The topological polar surface area (TPSA) is 37.6 Å². The van der Waals surface area contributed by atoms with E-state index < -0.39 is 0 Å². The molecule has 0 unspecified atom stereocenters. The molecule has 0 aliphatic carbocycles. The lowest BCUT2D eigenvalue weighted by Crippen LogP contribution is -2.18. The van der Waals surface area contributed by atoms with Crippen molar-refractivity contribution in [1.82, 2.24) is 9.38 Å². The van der Waals surface area contributed by atoms with Crippen LogP contribution < -0.4 is 4.90 Å². The van der Waals surface area contributed by atoms with E-state index in [1.807, 2.05) is 28.1 Å². The summed E-state index contributed by atoms with van der Waals surface area (Å²) in [5.41, 5.74) is 2.85. The van der Waals surface area contributed by atoms with Gasteiger partial charge >= 0.3 is 0 Å². The van der Waals surface area contributed by atoms with E-state index in [0.717, 1.165) is 29.3 Å². The number of benzene rings is 1. The van der Waals surface area contributed by atoms with Gasteiger partial charge in [0, 0.05) is 23.8 Å². The highest BCUT2D eigenvalue weighted by atomic mass is 32.1. The number of aldehydes is 1. The van der Waals surface area contributed by atoms with Gasteiger partial charge in [0.1, 0.15) is 5.69 Å². The van der Waals surface area contributed by atoms with Gasteiger partial charge in [-0.1, -0.05) is 12.1 Å². The first-order valence-corrected chi connectivity index (χ1v) is 7.37. The monoisotopic (exact) mass is 285 g/mol. The van der Waals surface area contributed by atoms with E-state index in [9.17, 15) is 4.79 Å². The molecule has 2 heterocycles. The Kier molecular flexibility index (Phi) is 3.28. The maximum atomic E-state index is 11.4. The number of hydrogen-bond acceptors (Lipinski definition) is 4. The molecule has 0 saturated carbocycles. The summed E-state index contributed by atoms with van der Waals surface area (Å²) in [6.07, 6.45) is 2.75. The lowest BCUT2D eigenvalue weighted by molar-refractivity contribution is 0.111. The summed E-state index contributed by atoms with van der Waals surface area (Å²) in [6, 6.07) is 8.22. The third-order valence-corrected chi connectivity index (χ3v) is 4.03. The predicted molar refractivity (Wildman–Crippen MR) is 82.3 cm³/mol. The van der Waals surface area contributed by atoms with E-state index in [4.69, 9.17) is 0 Å². The van der Waals surface area contributed by atoms with Gasteiger partial charge < -0.3 is 4.90 Å². The van der Waals surface area contributed by atoms with Crippen molar-refractivity contribution < 1.29 is 4.79 Å². The van der Waals surface area contributed by atoms with E-state index in [0.29, 0.717) is 5.69 Å². The fraction of sp³-hybridized carbons (Fsp3) is 0.200. The Morgan fingerprint density at radius 2 is 2.30 bits per heavy atom. The predicted octanol–water partition coefficient (Wildman–Crippen LogP) is 3.67. The SMILES string of the molecule is CCN(c1cccc(C)c1)c1nc2sccn2c1C=O. The Morgan fingerprint density at radius 3 is 3.00 bits per heavy atom. The highest BCUT2D eigenvalue weighted by molar-refractivity contribution is 7.15. The molecule has 0 radical (unpaired) electrons. The van der Waals surface area contributed by atoms with E-state index in [-0.39, 0.29) is 0 Å². The van der Waals surface area contributed by atoms with Crippen molar-refractivity contribution in [3.05, 3.63) is 47.1 Å². The van der Waals surface area contributed by atoms with Crippen LogP contribution >= 0.6 is 11.3 Å². The lowest BCUT2D eigenvalue weighted by Gasteiger charge is -2.21. The molecule has 0 bridgehead atoms. The lowest BCUT2D eigenvalue weighted by atomic mass is 10.2. The van der Waals surface area contributed by atoms with Crippen LogP contribution in [0.4, 0.5) is 11.5 Å². The molecule has 0 spiro atoms. The van der Waals surface area contributed by atoms with Gasteiger partial charge in [0.25, 0.3) is 0 Å². The van der Waals surface area contributed by atoms with Gasteiger partial charge in [-0.2, -0.15) is 0 Å². The average Bonchev–Trinajstić information content (AvgIpc) is 3.00. The molecule has 102 valence electrons. The smallest absolute Gasteiger partial charge is 0.196 e. The number of aromatic nitrogens is 2. The Hall–Kier alpha value is -2.14. The number of fused-ring (bicyclic) bond motifs is 1. The largest absolute Gasteiger partial charge is 0.325 e. The molecular formula is C15H15N3OS. The molecule has 0 aliphatic rings. The normalized spacial score (nSPS) is 10.9. The fourth-order valence-electron chi connectivity index (χ4n) is 2.35. The van der Waals surface area contributed by atoms with Crippen LogP contribution in [0.1, 0.15) is 23.0 Å². The van der Waals surface area contributed by atoms with E-state index in [1.165, 1.54) is 16.9 Å². The summed E-state index contributed by atoms with van der Waals surface area (Å²) in [5.74, 6) is 0.722. The van der Waals surface area contributed by atoms with E-state index >= 15 is 0 Å². The Bertz CT molecular complexity index is 759. The number of hydrogen-bond donors (Lipinski definition) is 0. The molecule has 4 nitrogen and oxygen atoms in total. The number of aryl methyl sites for hydroxylation is 1. The van der Waals surface area contributed by atoms with Gasteiger partial charge in [0.05, 0.1) is 0 Å². The van der Waals surface area contributed by atoms with Crippen molar-refractivity contribution >= 4 is 34.1 Å². The maximum absolute atomic E-state index is 11.4. The first-order valence-electron chi connectivity index (χ1n) is 6.49. The van der Waals surface area contributed by atoms with Crippen molar-refractivity contribution in [1.29, 1.82) is 0 Å². The highest BCUT2D eigenvalue weighted by Crippen LogP contribution is 2.29. The number of anilines is 2. The van der Waals surface area contributed by atoms with E-state index in [2.05, 4.69) is 35.9 Å². The summed E-state index contributed by atoms with van der Waals surface area (Å²) in [5, 5.41) is 1.93. The maximum Gasteiger partial charge on any atom is 0.196 e. The highest BCUT2D eigenvalue weighted by Gasteiger charge is 2.18. The second-order valence-corrected chi connectivity index (χ2v) is 5.45. The zero-order chi connectivity index (χ0) is 14.1. The molecule has 3 rings (SSSR count). The minimum Gasteiger partial charge on any atom is -0.325 e. The summed E-state index contributed by atoms with van der Waals surface area (Å²) in [4.78, 5) is 18.9. The molecule has 0 fully saturated rings. The van der Waals surface area contributed by atoms with Crippen molar-refractivity contribution in [2.24, 2.45) is 0 Å². The standard InChI is InChI=1S/C15H15N3OS/c1-3-17(12-6-4-5-11(2)9-12)14-13(10-19)18-7-8-20-15(18)16-14/h4-10H,3H2,1-2H3.